The van der Waals surface area contributed by atoms with Gasteiger partial charge in [-0.2, -0.15) is 0 Å². The average Bonchev–Trinajstić information content (AvgIpc) is 3.38. The summed E-state index contributed by atoms with van der Waals surface area (Å²) < 4.78 is 13.0. The molecule has 5 nitrogen and oxygen atoms in total. The highest BCUT2D eigenvalue weighted by atomic mass is 19.1. The van der Waals surface area contributed by atoms with Gasteiger partial charge in [-0.1, -0.05) is 0 Å². The van der Waals surface area contributed by atoms with Gasteiger partial charge in [0.2, 0.25) is 17.7 Å². The molecule has 4 fully saturated rings. The van der Waals surface area contributed by atoms with Crippen LogP contribution in [0.5, 0.6) is 0 Å². The van der Waals surface area contributed by atoms with E-state index in [1.165, 1.54) is 12.1 Å². The van der Waals surface area contributed by atoms with Crippen molar-refractivity contribution in [3.05, 3.63) is 30.1 Å². The van der Waals surface area contributed by atoms with E-state index in [-0.39, 0.29) is 47.3 Å². The van der Waals surface area contributed by atoms with Crippen molar-refractivity contribution in [1.29, 1.82) is 0 Å². The second kappa shape index (κ2) is 6.68. The number of nitrogens with one attached hydrogen (secondary N) is 1. The SMILES string of the molecule is O=C(Nc1ccc(F)cc1)C1CCC(N2C(=O)C3C4CCC(C4)C3C2=O)CC1. The molecule has 3 aliphatic carbocycles. The van der Waals surface area contributed by atoms with Crippen molar-refractivity contribution in [3.8, 4) is 0 Å². The molecule has 2 bridgehead atoms. The van der Waals surface area contributed by atoms with Gasteiger partial charge in [0, 0.05) is 17.6 Å². The molecule has 1 saturated heterocycles. The third kappa shape index (κ3) is 2.76. The van der Waals surface area contributed by atoms with E-state index in [9.17, 15) is 18.8 Å². The lowest BCUT2D eigenvalue weighted by molar-refractivity contribution is -0.144. The van der Waals surface area contributed by atoms with Crippen molar-refractivity contribution in [3.63, 3.8) is 0 Å². The number of likely N-dealkylation sites (tertiary alicyclic amines) is 1. The Morgan fingerprint density at radius 1 is 0.893 bits per heavy atom. The molecule has 3 saturated carbocycles. The first-order valence-corrected chi connectivity index (χ1v) is 10.5. The minimum Gasteiger partial charge on any atom is -0.326 e. The molecule has 0 aromatic heterocycles. The topological polar surface area (TPSA) is 66.5 Å². The van der Waals surface area contributed by atoms with E-state index < -0.39 is 0 Å². The van der Waals surface area contributed by atoms with Crippen molar-refractivity contribution < 1.29 is 18.8 Å². The zero-order chi connectivity index (χ0) is 19.4. The largest absolute Gasteiger partial charge is 0.326 e. The van der Waals surface area contributed by atoms with Crippen molar-refractivity contribution in [2.24, 2.45) is 29.6 Å². The fourth-order valence-corrected chi connectivity index (χ4v) is 6.17. The van der Waals surface area contributed by atoms with Crippen LogP contribution >= 0.6 is 0 Å². The summed E-state index contributed by atoms with van der Waals surface area (Å²) in [4.78, 5) is 40.0. The number of carbonyl (C=O) groups excluding carboxylic acids is 3. The number of amides is 3. The number of hydrogen-bond acceptors (Lipinski definition) is 3. The Bertz CT molecular complexity index is 788. The van der Waals surface area contributed by atoms with Crippen LogP contribution in [0.4, 0.5) is 10.1 Å². The second-order valence-electron chi connectivity index (χ2n) is 8.93. The van der Waals surface area contributed by atoms with E-state index in [2.05, 4.69) is 5.32 Å². The Balaban J connectivity index is 1.20. The van der Waals surface area contributed by atoms with Crippen molar-refractivity contribution in [1.82, 2.24) is 4.90 Å². The molecule has 0 spiro atoms. The Kier molecular flexibility index (Phi) is 4.25. The molecule has 3 amide bonds. The van der Waals surface area contributed by atoms with Crippen molar-refractivity contribution >= 4 is 23.4 Å². The molecular weight excluding hydrogens is 359 g/mol. The van der Waals surface area contributed by atoms with Gasteiger partial charge in [0.15, 0.2) is 0 Å². The Morgan fingerprint density at radius 3 is 2.04 bits per heavy atom. The van der Waals surface area contributed by atoms with E-state index >= 15 is 0 Å². The van der Waals surface area contributed by atoms with E-state index in [1.54, 1.807) is 17.0 Å². The number of rotatable bonds is 3. The molecule has 28 heavy (non-hydrogen) atoms. The number of imide groups is 1. The number of anilines is 1. The van der Waals surface area contributed by atoms with Gasteiger partial charge in [0.05, 0.1) is 11.8 Å². The molecule has 4 aliphatic rings. The normalized spacial score (nSPS) is 36.7. The maximum Gasteiger partial charge on any atom is 0.233 e. The summed E-state index contributed by atoms with van der Waals surface area (Å²) in [5.74, 6) is 0.267. The minimum atomic E-state index is -0.336. The number of carbonyl (C=O) groups is 3. The fourth-order valence-electron chi connectivity index (χ4n) is 6.17. The molecule has 1 heterocycles. The Hall–Kier alpha value is -2.24. The Morgan fingerprint density at radius 2 is 1.46 bits per heavy atom. The molecule has 6 heteroatoms. The van der Waals surface area contributed by atoms with Gasteiger partial charge in [-0.15, -0.1) is 0 Å². The smallest absolute Gasteiger partial charge is 0.233 e. The molecule has 4 unspecified atom stereocenters. The molecule has 1 aromatic rings. The summed E-state index contributed by atoms with van der Waals surface area (Å²) in [6.07, 6.45) is 5.94. The highest BCUT2D eigenvalue weighted by Crippen LogP contribution is 2.56. The minimum absolute atomic E-state index is 0.0557. The second-order valence-corrected chi connectivity index (χ2v) is 8.93. The molecule has 1 N–H and O–H groups in total. The summed E-state index contributed by atoms with van der Waals surface area (Å²) >= 11 is 0. The molecule has 1 aromatic carbocycles. The molecule has 0 radical (unpaired) electrons. The summed E-state index contributed by atoms with van der Waals surface area (Å²) in [5.41, 5.74) is 0.585. The predicted molar refractivity (Wildman–Crippen MR) is 100 cm³/mol. The van der Waals surface area contributed by atoms with Crippen LogP contribution in [-0.2, 0) is 14.4 Å². The molecule has 4 atom stereocenters. The van der Waals surface area contributed by atoms with E-state index in [1.807, 2.05) is 0 Å². The van der Waals surface area contributed by atoms with E-state index in [0.29, 0.717) is 43.2 Å². The number of benzene rings is 1. The first kappa shape index (κ1) is 17.8. The third-order valence-electron chi connectivity index (χ3n) is 7.51. The lowest BCUT2D eigenvalue weighted by atomic mass is 9.81. The highest BCUT2D eigenvalue weighted by molar-refractivity contribution is 6.06. The summed E-state index contributed by atoms with van der Waals surface area (Å²) in [6.45, 7) is 0. The van der Waals surface area contributed by atoms with Gasteiger partial charge in [-0.3, -0.25) is 19.3 Å². The van der Waals surface area contributed by atoms with Crippen LogP contribution in [-0.4, -0.2) is 28.7 Å². The monoisotopic (exact) mass is 384 g/mol. The van der Waals surface area contributed by atoms with Crippen LogP contribution in [0.1, 0.15) is 44.9 Å². The molecular formula is C22H25FN2O3. The molecule has 5 rings (SSSR count). The summed E-state index contributed by atoms with van der Waals surface area (Å²) in [7, 11) is 0. The maximum atomic E-state index is 13.0. The van der Waals surface area contributed by atoms with Crippen LogP contribution in [0.15, 0.2) is 24.3 Å². The van der Waals surface area contributed by atoms with Crippen LogP contribution in [0.2, 0.25) is 0 Å². The molecule has 1 aliphatic heterocycles. The van der Waals surface area contributed by atoms with Crippen molar-refractivity contribution in [2.45, 2.75) is 51.0 Å². The first-order chi connectivity index (χ1) is 13.5. The lowest BCUT2D eigenvalue weighted by Gasteiger charge is -2.33. The lowest BCUT2D eigenvalue weighted by Crippen LogP contribution is -2.44. The standard InChI is InChI=1S/C22H25FN2O3/c23-15-5-7-16(8-6-15)24-20(26)12-3-9-17(10-4-12)25-21(27)18-13-1-2-14(11-13)19(18)22(25)28/h5-8,12-14,17-19H,1-4,9-11H2,(H,24,26). The van der Waals surface area contributed by atoms with Crippen LogP contribution in [0.3, 0.4) is 0 Å². The average molecular weight is 384 g/mol. The molecule has 148 valence electrons. The van der Waals surface area contributed by atoms with Crippen LogP contribution in [0, 0.1) is 35.4 Å². The highest BCUT2D eigenvalue weighted by Gasteiger charge is 2.61. The van der Waals surface area contributed by atoms with Crippen molar-refractivity contribution in [2.75, 3.05) is 5.32 Å². The van der Waals surface area contributed by atoms with Gasteiger partial charge in [-0.05, 0) is 81.0 Å². The van der Waals surface area contributed by atoms with Gasteiger partial charge >= 0.3 is 0 Å². The predicted octanol–water partition coefficient (Wildman–Crippen LogP) is 3.35. The van der Waals surface area contributed by atoms with Gasteiger partial charge < -0.3 is 5.32 Å². The van der Waals surface area contributed by atoms with E-state index in [0.717, 1.165) is 19.3 Å². The van der Waals surface area contributed by atoms with Crippen LogP contribution < -0.4 is 5.32 Å². The van der Waals surface area contributed by atoms with Gasteiger partial charge in [-0.25, -0.2) is 4.39 Å². The number of nitrogens with zero attached hydrogens (tertiary/aromatic N) is 1. The van der Waals surface area contributed by atoms with Crippen LogP contribution in [0.25, 0.3) is 0 Å². The zero-order valence-corrected chi connectivity index (χ0v) is 15.8. The first-order valence-electron chi connectivity index (χ1n) is 10.5. The van der Waals surface area contributed by atoms with Gasteiger partial charge in [0.1, 0.15) is 5.82 Å². The maximum absolute atomic E-state index is 13.0. The third-order valence-corrected chi connectivity index (χ3v) is 7.51. The number of hydrogen-bond donors (Lipinski definition) is 1. The fraction of sp³-hybridized carbons (Fsp3) is 0.591. The summed E-state index contributed by atoms with van der Waals surface area (Å²) in [6, 6.07) is 5.68. The van der Waals surface area contributed by atoms with E-state index in [4.69, 9.17) is 0 Å². The number of halogens is 1. The Labute approximate surface area is 163 Å². The summed E-state index contributed by atoms with van der Waals surface area (Å²) in [5, 5.41) is 2.84. The van der Waals surface area contributed by atoms with Gasteiger partial charge in [0.25, 0.3) is 0 Å². The number of fused-ring (bicyclic) bond motifs is 5. The zero-order valence-electron chi connectivity index (χ0n) is 15.8. The quantitative estimate of drug-likeness (QED) is 0.813.